The summed E-state index contributed by atoms with van der Waals surface area (Å²) < 4.78 is 0. The molecule has 0 heterocycles. The van der Waals surface area contributed by atoms with Crippen molar-refractivity contribution in [1.29, 1.82) is 0 Å². The van der Waals surface area contributed by atoms with E-state index >= 15 is 0 Å². The fourth-order valence-corrected chi connectivity index (χ4v) is 0.510. The van der Waals surface area contributed by atoms with E-state index in [9.17, 15) is 9.59 Å². The Labute approximate surface area is 157 Å². The largest absolute Gasteiger partial charge is 0.512 e. The SMILES string of the molecule is C.C.C.CC(=O)C(C)=C(C)O.CC(=O)C(C)=C(C)O.[Ir].[Ir]. The number of allylic oxidation sites excluding steroid dienone is 4. The van der Waals surface area contributed by atoms with Gasteiger partial charge in [-0.2, -0.15) is 0 Å². The molecule has 6 heteroatoms. The molecule has 0 aliphatic carbocycles. The molecule has 0 rings (SSSR count). The smallest absolute Gasteiger partial charge is 0.158 e. The number of carbonyl (C=O) groups excluding carboxylic acids is 2. The van der Waals surface area contributed by atoms with Crippen LogP contribution in [-0.4, -0.2) is 21.8 Å². The molecule has 4 nitrogen and oxygen atoms in total. The molecule has 21 heavy (non-hydrogen) atoms. The van der Waals surface area contributed by atoms with Gasteiger partial charge in [0.05, 0.1) is 11.5 Å². The van der Waals surface area contributed by atoms with Gasteiger partial charge in [-0.05, 0) is 41.5 Å². The molecule has 0 aliphatic heterocycles. The van der Waals surface area contributed by atoms with E-state index in [1.807, 2.05) is 0 Å². The molecule has 0 unspecified atom stereocenters. The van der Waals surface area contributed by atoms with E-state index < -0.39 is 0 Å². The fraction of sp³-hybridized carbons (Fsp3) is 0.600. The van der Waals surface area contributed by atoms with Crippen LogP contribution in [0.3, 0.4) is 0 Å². The summed E-state index contributed by atoms with van der Waals surface area (Å²) in [6, 6.07) is 0. The maximum Gasteiger partial charge on any atom is 0.158 e. The van der Waals surface area contributed by atoms with Gasteiger partial charge in [0.15, 0.2) is 11.6 Å². The molecule has 0 saturated carbocycles. The minimum Gasteiger partial charge on any atom is -0.512 e. The summed E-state index contributed by atoms with van der Waals surface area (Å²) in [6.07, 6.45) is 0. The van der Waals surface area contributed by atoms with E-state index in [1.54, 1.807) is 13.8 Å². The first-order chi connectivity index (χ1) is 7.11. The number of ketones is 2. The Balaban J connectivity index is -0.0000000302. The van der Waals surface area contributed by atoms with Crippen molar-refractivity contribution in [1.82, 2.24) is 0 Å². The zero-order valence-corrected chi connectivity index (χ0v) is 16.2. The molecule has 0 spiro atoms. The first-order valence-corrected chi connectivity index (χ1v) is 4.86. The molecule has 134 valence electrons. The summed E-state index contributed by atoms with van der Waals surface area (Å²) in [4.78, 5) is 20.7. The first-order valence-electron chi connectivity index (χ1n) is 4.86. The zero-order chi connectivity index (χ0) is 13.5. The quantitative estimate of drug-likeness (QED) is 0.331. The summed E-state index contributed by atoms with van der Waals surface area (Å²) in [7, 11) is 0. The number of rotatable bonds is 2. The van der Waals surface area contributed by atoms with Gasteiger partial charge in [-0.1, -0.05) is 22.3 Å². The minimum absolute atomic E-state index is 0. The molecular formula is C15H32Ir2O4. The normalized spacial score (nSPS) is 9.81. The fourth-order valence-electron chi connectivity index (χ4n) is 0.510. The van der Waals surface area contributed by atoms with Crippen LogP contribution >= 0.6 is 0 Å². The van der Waals surface area contributed by atoms with Crippen molar-refractivity contribution in [2.24, 2.45) is 0 Å². The molecule has 2 radical (unpaired) electrons. The molecule has 0 aliphatic rings. The van der Waals surface area contributed by atoms with E-state index in [1.165, 1.54) is 27.7 Å². The van der Waals surface area contributed by atoms with E-state index in [-0.39, 0.29) is 85.6 Å². The van der Waals surface area contributed by atoms with Crippen LogP contribution in [0.4, 0.5) is 0 Å². The number of carbonyl (C=O) groups is 2. The van der Waals surface area contributed by atoms with Gasteiger partial charge >= 0.3 is 0 Å². The second-order valence-corrected chi connectivity index (χ2v) is 3.53. The van der Waals surface area contributed by atoms with Crippen LogP contribution in [0, 0.1) is 0 Å². The van der Waals surface area contributed by atoms with Crippen molar-refractivity contribution in [2.75, 3.05) is 0 Å². The molecule has 0 aromatic carbocycles. The van der Waals surface area contributed by atoms with E-state index in [2.05, 4.69) is 0 Å². The molecule has 0 bridgehead atoms. The van der Waals surface area contributed by atoms with Crippen molar-refractivity contribution in [3.63, 3.8) is 0 Å². The van der Waals surface area contributed by atoms with Gasteiger partial charge in [0.25, 0.3) is 0 Å². The topological polar surface area (TPSA) is 74.6 Å². The van der Waals surface area contributed by atoms with Gasteiger partial charge in [-0.3, -0.25) is 9.59 Å². The summed E-state index contributed by atoms with van der Waals surface area (Å²) in [5.41, 5.74) is 0.870. The first kappa shape index (κ1) is 42.8. The molecule has 0 atom stereocenters. The Bertz CT molecular complexity index is 304. The van der Waals surface area contributed by atoms with Gasteiger partial charge < -0.3 is 10.2 Å². The third-order valence-electron chi connectivity index (χ3n) is 2.14. The van der Waals surface area contributed by atoms with Crippen molar-refractivity contribution < 1.29 is 60.0 Å². The monoisotopic (exact) mass is 662 g/mol. The van der Waals surface area contributed by atoms with Gasteiger partial charge in [0, 0.05) is 51.4 Å². The predicted octanol–water partition coefficient (Wildman–Crippen LogP) is 4.76. The third-order valence-corrected chi connectivity index (χ3v) is 2.14. The van der Waals surface area contributed by atoms with Crippen molar-refractivity contribution in [2.45, 2.75) is 63.8 Å². The number of aliphatic hydroxyl groups is 2. The maximum atomic E-state index is 10.4. The van der Waals surface area contributed by atoms with E-state index in [0.29, 0.717) is 11.1 Å². The van der Waals surface area contributed by atoms with Gasteiger partial charge in [0.2, 0.25) is 0 Å². The van der Waals surface area contributed by atoms with Crippen LogP contribution < -0.4 is 0 Å². The van der Waals surface area contributed by atoms with E-state index in [0.717, 1.165) is 0 Å². The van der Waals surface area contributed by atoms with Crippen LogP contribution in [0.1, 0.15) is 63.8 Å². The summed E-state index contributed by atoms with van der Waals surface area (Å²) in [5, 5.41) is 17.3. The molecule has 0 amide bonds. The Morgan fingerprint density at radius 3 is 0.714 bits per heavy atom. The number of Topliss-reactive ketones (excluding diaryl/α,β-unsaturated/α-hetero) is 2. The molecule has 0 fully saturated rings. The van der Waals surface area contributed by atoms with Gasteiger partial charge in [0.1, 0.15) is 0 Å². The van der Waals surface area contributed by atoms with Crippen LogP contribution in [0.25, 0.3) is 0 Å². The van der Waals surface area contributed by atoms with Gasteiger partial charge in [-0.25, -0.2) is 0 Å². The average Bonchev–Trinajstić information content (AvgIpc) is 2.15. The van der Waals surface area contributed by atoms with Crippen molar-refractivity contribution >= 4 is 11.6 Å². The Morgan fingerprint density at radius 1 is 0.571 bits per heavy atom. The number of aliphatic hydroxyl groups excluding tert-OH is 2. The molecule has 0 aromatic heterocycles. The molecule has 2 N–H and O–H groups in total. The van der Waals surface area contributed by atoms with Crippen LogP contribution in [0.5, 0.6) is 0 Å². The third kappa shape index (κ3) is 25.1. The number of hydrogen-bond acceptors (Lipinski definition) is 4. The Kier molecular flexibility index (Phi) is 44.9. The standard InChI is InChI=1S/2C6H10O2.3CH4.2Ir/c2*1-4(5(2)7)6(3)8;;;;;/h2*7H,1-3H3;3*1H4;;. The average molecular weight is 661 g/mol. The molecular weight excluding hydrogens is 629 g/mol. The number of hydrogen-bond donors (Lipinski definition) is 2. The second-order valence-electron chi connectivity index (χ2n) is 3.53. The minimum atomic E-state index is -0.0787. The van der Waals surface area contributed by atoms with Crippen LogP contribution in [-0.2, 0) is 49.8 Å². The second kappa shape index (κ2) is 22.0. The van der Waals surface area contributed by atoms with Crippen LogP contribution in [0.2, 0.25) is 0 Å². The maximum absolute atomic E-state index is 10.4. The van der Waals surface area contributed by atoms with Crippen LogP contribution in [0.15, 0.2) is 22.7 Å². The molecule has 0 aromatic rings. The Hall–Kier alpha value is -0.281. The summed E-state index contributed by atoms with van der Waals surface area (Å²) >= 11 is 0. The van der Waals surface area contributed by atoms with E-state index in [4.69, 9.17) is 10.2 Å². The predicted molar refractivity (Wildman–Crippen MR) is 83.6 cm³/mol. The van der Waals surface area contributed by atoms with Crippen molar-refractivity contribution in [3.05, 3.63) is 22.7 Å². The summed E-state index contributed by atoms with van der Waals surface area (Å²) in [6.45, 7) is 9.03. The summed E-state index contributed by atoms with van der Waals surface area (Å²) in [5.74, 6) is 0.0602. The van der Waals surface area contributed by atoms with Gasteiger partial charge in [-0.15, -0.1) is 0 Å². The molecule has 0 saturated heterocycles. The Morgan fingerprint density at radius 2 is 0.714 bits per heavy atom. The zero-order valence-electron chi connectivity index (χ0n) is 11.4. The van der Waals surface area contributed by atoms with Crippen molar-refractivity contribution in [3.8, 4) is 0 Å².